The molecule has 1 heterocycles. The lowest BCUT2D eigenvalue weighted by atomic mass is 9.99. The first-order valence-corrected chi connectivity index (χ1v) is 9.45. The number of ether oxygens (including phenoxy) is 2. The minimum Gasteiger partial charge on any atom is -0.486 e. The van der Waals surface area contributed by atoms with E-state index < -0.39 is 0 Å². The van der Waals surface area contributed by atoms with E-state index in [9.17, 15) is 9.90 Å². The Bertz CT molecular complexity index is 757. The number of aliphatic hydroxyl groups excluding tert-OH is 1. The summed E-state index contributed by atoms with van der Waals surface area (Å²) in [6.45, 7) is 3.71. The largest absolute Gasteiger partial charge is 0.486 e. The molecule has 3 rings (SSSR count). The minimum absolute atomic E-state index is 0.00718. The van der Waals surface area contributed by atoms with Crippen molar-refractivity contribution in [2.45, 2.75) is 26.2 Å². The van der Waals surface area contributed by atoms with Gasteiger partial charge in [0.1, 0.15) is 13.2 Å². The summed E-state index contributed by atoms with van der Waals surface area (Å²) in [4.78, 5) is 12.2. The van der Waals surface area contributed by atoms with Crippen molar-refractivity contribution in [3.05, 3.63) is 59.2 Å². The quantitative estimate of drug-likeness (QED) is 0.751. The van der Waals surface area contributed by atoms with Gasteiger partial charge in [0.15, 0.2) is 11.5 Å². The summed E-state index contributed by atoms with van der Waals surface area (Å²) in [6.07, 6.45) is 1.80. The summed E-state index contributed by atoms with van der Waals surface area (Å²) in [6, 6.07) is 14.1. The van der Waals surface area contributed by atoms with Crippen molar-refractivity contribution in [3.8, 4) is 11.5 Å². The van der Waals surface area contributed by atoms with E-state index in [-0.39, 0.29) is 18.4 Å². The zero-order valence-corrected chi connectivity index (χ0v) is 15.7. The number of benzene rings is 2. The van der Waals surface area contributed by atoms with Crippen molar-refractivity contribution in [1.82, 2.24) is 5.32 Å². The van der Waals surface area contributed by atoms with Crippen LogP contribution >= 0.6 is 0 Å². The molecule has 1 atom stereocenters. The zero-order valence-electron chi connectivity index (χ0n) is 15.7. The number of nitrogens with one attached hydrogen (secondary N) is 1. The van der Waals surface area contributed by atoms with E-state index in [1.54, 1.807) is 0 Å². The SMILES string of the molecule is Cc1ccc(C[C@@H](CO)CNC(=O)CCc2ccc3c(c2)OCCO3)cc1. The van der Waals surface area contributed by atoms with Gasteiger partial charge in [-0.2, -0.15) is 0 Å². The van der Waals surface area contributed by atoms with E-state index in [0.29, 0.717) is 32.6 Å². The van der Waals surface area contributed by atoms with Crippen LogP contribution in [0, 0.1) is 12.8 Å². The molecule has 0 saturated carbocycles. The molecule has 5 nitrogen and oxygen atoms in total. The molecule has 1 aliphatic rings. The van der Waals surface area contributed by atoms with Gasteiger partial charge in [-0.05, 0) is 43.0 Å². The number of carbonyl (C=O) groups is 1. The van der Waals surface area contributed by atoms with E-state index in [1.165, 1.54) is 11.1 Å². The maximum Gasteiger partial charge on any atom is 0.220 e. The Labute approximate surface area is 160 Å². The number of hydrogen-bond acceptors (Lipinski definition) is 4. The van der Waals surface area contributed by atoms with Gasteiger partial charge in [-0.25, -0.2) is 0 Å². The van der Waals surface area contributed by atoms with Crippen LogP contribution in [0.3, 0.4) is 0 Å². The lowest BCUT2D eigenvalue weighted by Gasteiger charge is -2.19. The molecule has 144 valence electrons. The van der Waals surface area contributed by atoms with Crippen LogP contribution in [-0.2, 0) is 17.6 Å². The standard InChI is InChI=1S/C22H27NO4/c1-16-2-4-17(5-3-16)12-19(15-24)14-23-22(25)9-7-18-6-8-20-21(13-18)27-11-10-26-20/h2-6,8,13,19,24H,7,9-12,14-15H2,1H3,(H,23,25)/t19-/m1/s1. The van der Waals surface area contributed by atoms with Crippen LogP contribution in [0.1, 0.15) is 23.1 Å². The van der Waals surface area contributed by atoms with Crippen molar-refractivity contribution in [3.63, 3.8) is 0 Å². The molecule has 0 bridgehead atoms. The molecule has 0 aliphatic carbocycles. The van der Waals surface area contributed by atoms with Gasteiger partial charge in [-0.3, -0.25) is 4.79 Å². The van der Waals surface area contributed by atoms with E-state index >= 15 is 0 Å². The second-order valence-electron chi connectivity index (χ2n) is 7.02. The normalized spacial score (nSPS) is 13.9. The van der Waals surface area contributed by atoms with Gasteiger partial charge in [0, 0.05) is 25.5 Å². The molecule has 2 aromatic carbocycles. The smallest absolute Gasteiger partial charge is 0.220 e. The van der Waals surface area contributed by atoms with Crippen LogP contribution in [0.5, 0.6) is 11.5 Å². The third-order valence-corrected chi connectivity index (χ3v) is 4.74. The molecule has 5 heteroatoms. The summed E-state index contributed by atoms with van der Waals surface area (Å²) < 4.78 is 11.1. The first kappa shape index (κ1) is 19.2. The molecule has 27 heavy (non-hydrogen) atoms. The second-order valence-corrected chi connectivity index (χ2v) is 7.02. The Kier molecular flexibility index (Phi) is 6.71. The molecule has 2 aromatic rings. The first-order valence-electron chi connectivity index (χ1n) is 9.45. The van der Waals surface area contributed by atoms with Gasteiger partial charge in [-0.15, -0.1) is 0 Å². The summed E-state index contributed by atoms with van der Waals surface area (Å²) >= 11 is 0. The predicted molar refractivity (Wildman–Crippen MR) is 104 cm³/mol. The predicted octanol–water partition coefficient (Wildman–Crippen LogP) is 2.67. The van der Waals surface area contributed by atoms with Crippen LogP contribution in [0.4, 0.5) is 0 Å². The van der Waals surface area contributed by atoms with E-state index in [2.05, 4.69) is 36.5 Å². The summed E-state index contributed by atoms with van der Waals surface area (Å²) in [5.74, 6) is 1.52. The maximum atomic E-state index is 12.2. The van der Waals surface area contributed by atoms with Gasteiger partial charge in [0.25, 0.3) is 0 Å². The highest BCUT2D eigenvalue weighted by molar-refractivity contribution is 5.76. The van der Waals surface area contributed by atoms with Crippen LogP contribution in [0.25, 0.3) is 0 Å². The number of amides is 1. The lowest BCUT2D eigenvalue weighted by Crippen LogP contribution is -2.32. The molecular formula is C22H27NO4. The maximum absolute atomic E-state index is 12.2. The van der Waals surface area contributed by atoms with Crippen molar-refractivity contribution >= 4 is 5.91 Å². The highest BCUT2D eigenvalue weighted by atomic mass is 16.6. The molecule has 0 saturated heterocycles. The van der Waals surface area contributed by atoms with Gasteiger partial charge in [0.05, 0.1) is 0 Å². The average molecular weight is 369 g/mol. The minimum atomic E-state index is -0.00718. The van der Waals surface area contributed by atoms with Crippen LogP contribution in [-0.4, -0.2) is 37.4 Å². The number of aryl methyl sites for hydroxylation is 2. The number of carbonyl (C=O) groups excluding carboxylic acids is 1. The van der Waals surface area contributed by atoms with Crippen molar-refractivity contribution < 1.29 is 19.4 Å². The van der Waals surface area contributed by atoms with Crippen molar-refractivity contribution in [2.24, 2.45) is 5.92 Å². The number of hydrogen-bond donors (Lipinski definition) is 2. The Morgan fingerprint density at radius 2 is 1.78 bits per heavy atom. The van der Waals surface area contributed by atoms with Crippen LogP contribution < -0.4 is 14.8 Å². The monoisotopic (exact) mass is 369 g/mol. The number of aliphatic hydroxyl groups is 1. The molecule has 0 spiro atoms. The Morgan fingerprint density at radius 1 is 1.07 bits per heavy atom. The van der Waals surface area contributed by atoms with Gasteiger partial charge in [0.2, 0.25) is 5.91 Å². The fourth-order valence-electron chi connectivity index (χ4n) is 3.11. The molecule has 1 amide bonds. The molecular weight excluding hydrogens is 342 g/mol. The van der Waals surface area contributed by atoms with Crippen LogP contribution in [0.15, 0.2) is 42.5 Å². The Hall–Kier alpha value is -2.53. The van der Waals surface area contributed by atoms with Gasteiger partial charge >= 0.3 is 0 Å². The number of rotatable bonds is 8. The highest BCUT2D eigenvalue weighted by Gasteiger charge is 2.13. The fraction of sp³-hybridized carbons (Fsp3) is 0.409. The van der Waals surface area contributed by atoms with E-state index in [1.807, 2.05) is 18.2 Å². The third-order valence-electron chi connectivity index (χ3n) is 4.74. The molecule has 0 aromatic heterocycles. The molecule has 1 aliphatic heterocycles. The summed E-state index contributed by atoms with van der Waals surface area (Å²) in [5.41, 5.74) is 3.43. The fourth-order valence-corrected chi connectivity index (χ4v) is 3.11. The summed E-state index contributed by atoms with van der Waals surface area (Å²) in [5, 5.41) is 12.5. The third kappa shape index (κ3) is 5.73. The van der Waals surface area contributed by atoms with Gasteiger partial charge in [-0.1, -0.05) is 35.9 Å². The number of fused-ring (bicyclic) bond motifs is 1. The lowest BCUT2D eigenvalue weighted by molar-refractivity contribution is -0.121. The molecule has 2 N–H and O–H groups in total. The van der Waals surface area contributed by atoms with E-state index in [4.69, 9.17) is 9.47 Å². The van der Waals surface area contributed by atoms with E-state index in [0.717, 1.165) is 23.5 Å². The summed E-state index contributed by atoms with van der Waals surface area (Å²) in [7, 11) is 0. The first-order chi connectivity index (χ1) is 13.1. The van der Waals surface area contributed by atoms with Crippen LogP contribution in [0.2, 0.25) is 0 Å². The molecule has 0 fully saturated rings. The highest BCUT2D eigenvalue weighted by Crippen LogP contribution is 2.31. The van der Waals surface area contributed by atoms with Gasteiger partial charge < -0.3 is 19.9 Å². The van der Waals surface area contributed by atoms with Crippen molar-refractivity contribution in [1.29, 1.82) is 0 Å². The Balaban J connectivity index is 1.43. The topological polar surface area (TPSA) is 67.8 Å². The van der Waals surface area contributed by atoms with Crippen molar-refractivity contribution in [2.75, 3.05) is 26.4 Å². The molecule has 0 unspecified atom stereocenters. The molecule has 0 radical (unpaired) electrons. The Morgan fingerprint density at radius 3 is 2.52 bits per heavy atom. The average Bonchev–Trinajstić information content (AvgIpc) is 2.70. The zero-order chi connectivity index (χ0) is 19.1. The second kappa shape index (κ2) is 9.42.